The standard InChI is InChI=1S/C11H10N2O2.C11H8N2O2.C8H9NO3/c1-14-10-8-12-7-5-9(10)15-11-4-2-3-6-13-11;14-10-7-12-6-4-8(10)11(15)9-3-1-2-5-13-9;1-11-7-5-9-4-3-6(7)8(10)12-2/h2-8H,1H3;1-7,14H;3-5H,1-2H3. The lowest BCUT2D eigenvalue weighted by Gasteiger charge is -2.07. The molecule has 0 aliphatic heterocycles. The van der Waals surface area contributed by atoms with Gasteiger partial charge in [0.1, 0.15) is 17.0 Å². The average molecular weight is 570 g/mol. The van der Waals surface area contributed by atoms with Crippen LogP contribution in [0.2, 0.25) is 0 Å². The van der Waals surface area contributed by atoms with Crippen LogP contribution in [0.25, 0.3) is 0 Å². The fourth-order valence-corrected chi connectivity index (χ4v) is 3.16. The quantitative estimate of drug-likeness (QED) is 0.216. The molecule has 42 heavy (non-hydrogen) atoms. The molecule has 12 nitrogen and oxygen atoms in total. The predicted molar refractivity (Wildman–Crippen MR) is 151 cm³/mol. The van der Waals surface area contributed by atoms with Gasteiger partial charge in [0.2, 0.25) is 11.7 Å². The molecule has 0 amide bonds. The van der Waals surface area contributed by atoms with Crippen molar-refractivity contribution in [2.45, 2.75) is 0 Å². The van der Waals surface area contributed by atoms with Gasteiger partial charge in [-0.25, -0.2) is 9.78 Å². The van der Waals surface area contributed by atoms with E-state index in [1.165, 1.54) is 51.3 Å². The lowest BCUT2D eigenvalue weighted by Crippen LogP contribution is -2.03. The van der Waals surface area contributed by atoms with E-state index in [4.69, 9.17) is 14.2 Å². The van der Waals surface area contributed by atoms with E-state index in [1.54, 1.807) is 62.1 Å². The Labute approximate surface area is 241 Å². The Morgan fingerprint density at radius 2 is 1.26 bits per heavy atom. The lowest BCUT2D eigenvalue weighted by molar-refractivity contribution is 0.0596. The van der Waals surface area contributed by atoms with Gasteiger partial charge >= 0.3 is 5.97 Å². The van der Waals surface area contributed by atoms with Gasteiger partial charge in [-0.15, -0.1) is 0 Å². The second-order valence-corrected chi connectivity index (χ2v) is 7.80. The van der Waals surface area contributed by atoms with Crippen LogP contribution in [0.4, 0.5) is 0 Å². The summed E-state index contributed by atoms with van der Waals surface area (Å²) in [6, 6.07) is 15.3. The molecule has 0 saturated heterocycles. The first kappa shape index (κ1) is 30.6. The second-order valence-electron chi connectivity index (χ2n) is 7.80. The molecule has 0 aliphatic carbocycles. The van der Waals surface area contributed by atoms with Crippen LogP contribution in [0.3, 0.4) is 0 Å². The molecule has 0 spiro atoms. The zero-order chi connectivity index (χ0) is 30.2. The number of ketones is 1. The summed E-state index contributed by atoms with van der Waals surface area (Å²) in [7, 11) is 4.37. The first-order valence-electron chi connectivity index (χ1n) is 12.2. The molecule has 0 radical (unpaired) electrons. The summed E-state index contributed by atoms with van der Waals surface area (Å²) in [6.07, 6.45) is 12.1. The van der Waals surface area contributed by atoms with Crippen molar-refractivity contribution >= 4 is 11.8 Å². The molecular formula is C30H27N5O7. The Hall–Kier alpha value is -5.91. The first-order valence-corrected chi connectivity index (χ1v) is 12.2. The minimum atomic E-state index is -0.422. The third-order valence-corrected chi connectivity index (χ3v) is 5.17. The van der Waals surface area contributed by atoms with Gasteiger partial charge in [-0.1, -0.05) is 12.1 Å². The molecule has 12 heteroatoms. The van der Waals surface area contributed by atoms with Gasteiger partial charge in [0, 0.05) is 43.1 Å². The van der Waals surface area contributed by atoms with E-state index in [9.17, 15) is 14.7 Å². The van der Waals surface area contributed by atoms with Crippen molar-refractivity contribution in [3.05, 3.63) is 121 Å². The van der Waals surface area contributed by atoms with Crippen LogP contribution in [0.15, 0.2) is 104 Å². The number of pyridine rings is 5. The van der Waals surface area contributed by atoms with Crippen molar-refractivity contribution in [3.63, 3.8) is 0 Å². The first-order chi connectivity index (χ1) is 20.5. The zero-order valence-electron chi connectivity index (χ0n) is 22.9. The van der Waals surface area contributed by atoms with Gasteiger partial charge in [-0.05, 0) is 30.3 Å². The summed E-state index contributed by atoms with van der Waals surface area (Å²) >= 11 is 0. The third-order valence-electron chi connectivity index (χ3n) is 5.17. The minimum Gasteiger partial charge on any atom is -0.506 e. The molecule has 0 aliphatic rings. The van der Waals surface area contributed by atoms with E-state index in [2.05, 4.69) is 29.7 Å². The maximum Gasteiger partial charge on any atom is 0.341 e. The Balaban J connectivity index is 0.000000174. The monoisotopic (exact) mass is 569 g/mol. The number of hydrogen-bond acceptors (Lipinski definition) is 12. The molecule has 1 N–H and O–H groups in total. The molecule has 0 bridgehead atoms. The van der Waals surface area contributed by atoms with Crippen LogP contribution in [-0.4, -0.2) is 63.1 Å². The number of hydrogen-bond donors (Lipinski definition) is 1. The molecule has 0 aromatic carbocycles. The van der Waals surface area contributed by atoms with E-state index < -0.39 is 5.97 Å². The fourth-order valence-electron chi connectivity index (χ4n) is 3.16. The summed E-state index contributed by atoms with van der Waals surface area (Å²) in [6.45, 7) is 0. The summed E-state index contributed by atoms with van der Waals surface area (Å²) in [5.74, 6) is 1.28. The predicted octanol–water partition coefficient (Wildman–Crippen LogP) is 4.57. The molecule has 5 aromatic heterocycles. The van der Waals surface area contributed by atoms with E-state index in [-0.39, 0.29) is 17.1 Å². The van der Waals surface area contributed by atoms with Crippen molar-refractivity contribution in [2.24, 2.45) is 0 Å². The molecule has 5 rings (SSSR count). The highest BCUT2D eigenvalue weighted by Gasteiger charge is 2.14. The molecular weight excluding hydrogens is 542 g/mol. The number of methoxy groups -OCH3 is 3. The van der Waals surface area contributed by atoms with Gasteiger partial charge in [-0.2, -0.15) is 0 Å². The average Bonchev–Trinajstić information content (AvgIpc) is 3.06. The molecule has 0 unspecified atom stereocenters. The number of aromatic nitrogens is 5. The Morgan fingerprint density at radius 1 is 0.643 bits per heavy atom. The fraction of sp³-hybridized carbons (Fsp3) is 0.100. The van der Waals surface area contributed by atoms with E-state index in [0.717, 1.165) is 0 Å². The molecule has 5 heterocycles. The van der Waals surface area contributed by atoms with Gasteiger partial charge in [0.25, 0.3) is 0 Å². The van der Waals surface area contributed by atoms with Gasteiger partial charge in [-0.3, -0.25) is 24.7 Å². The molecule has 0 fully saturated rings. The van der Waals surface area contributed by atoms with E-state index in [0.29, 0.717) is 34.4 Å². The minimum absolute atomic E-state index is 0.131. The van der Waals surface area contributed by atoms with Crippen molar-refractivity contribution in [1.29, 1.82) is 0 Å². The molecule has 214 valence electrons. The highest BCUT2D eigenvalue weighted by molar-refractivity contribution is 6.09. The maximum absolute atomic E-state index is 11.8. The number of esters is 1. The highest BCUT2D eigenvalue weighted by Crippen LogP contribution is 2.28. The third kappa shape index (κ3) is 8.81. The Morgan fingerprint density at radius 3 is 1.86 bits per heavy atom. The van der Waals surface area contributed by atoms with Crippen LogP contribution in [0.1, 0.15) is 26.4 Å². The van der Waals surface area contributed by atoms with Gasteiger partial charge < -0.3 is 24.1 Å². The van der Waals surface area contributed by atoms with Crippen molar-refractivity contribution in [2.75, 3.05) is 21.3 Å². The Bertz CT molecular complexity index is 1570. The molecule has 0 atom stereocenters. The normalized spacial score (nSPS) is 9.60. The number of rotatable bonds is 7. The molecule has 5 aromatic rings. The number of carbonyl (C=O) groups excluding carboxylic acids is 2. The molecule has 0 saturated carbocycles. The maximum atomic E-state index is 11.8. The number of ether oxygens (including phenoxy) is 4. The summed E-state index contributed by atoms with van der Waals surface area (Å²) in [5.41, 5.74) is 0.901. The van der Waals surface area contributed by atoms with Gasteiger partial charge in [0.15, 0.2) is 17.2 Å². The zero-order valence-corrected chi connectivity index (χ0v) is 22.9. The summed E-state index contributed by atoms with van der Waals surface area (Å²) in [4.78, 5) is 42.3. The van der Waals surface area contributed by atoms with E-state index in [1.807, 2.05) is 12.1 Å². The van der Waals surface area contributed by atoms with Crippen LogP contribution in [0, 0.1) is 0 Å². The Kier molecular flexibility index (Phi) is 11.9. The van der Waals surface area contributed by atoms with Crippen molar-refractivity contribution < 1.29 is 33.6 Å². The number of aromatic hydroxyl groups is 1. The van der Waals surface area contributed by atoms with Crippen LogP contribution < -0.4 is 14.2 Å². The number of nitrogens with zero attached hydrogens (tertiary/aromatic N) is 5. The topological polar surface area (TPSA) is 156 Å². The van der Waals surface area contributed by atoms with Crippen LogP contribution in [-0.2, 0) is 4.74 Å². The van der Waals surface area contributed by atoms with Crippen molar-refractivity contribution in [3.8, 4) is 28.9 Å². The highest BCUT2D eigenvalue weighted by atomic mass is 16.5. The van der Waals surface area contributed by atoms with Gasteiger partial charge in [0.05, 0.1) is 45.5 Å². The smallest absolute Gasteiger partial charge is 0.341 e. The largest absolute Gasteiger partial charge is 0.506 e. The van der Waals surface area contributed by atoms with Crippen LogP contribution in [0.5, 0.6) is 28.9 Å². The summed E-state index contributed by atoms with van der Waals surface area (Å²) < 4.78 is 20.1. The SMILES string of the molecule is COC(=O)c1ccncc1OC.COc1cnccc1Oc1ccccn1.O=C(c1ccccn1)c1ccncc1O. The lowest BCUT2D eigenvalue weighted by atomic mass is 10.1. The number of carbonyl (C=O) groups is 2. The summed E-state index contributed by atoms with van der Waals surface area (Å²) in [5, 5.41) is 9.43. The van der Waals surface area contributed by atoms with Crippen LogP contribution >= 0.6 is 0 Å². The van der Waals surface area contributed by atoms with Crippen molar-refractivity contribution in [1.82, 2.24) is 24.9 Å². The second kappa shape index (κ2) is 16.3. The van der Waals surface area contributed by atoms with E-state index >= 15 is 0 Å².